The van der Waals surface area contributed by atoms with Gasteiger partial charge in [-0.25, -0.2) is 24.1 Å². The van der Waals surface area contributed by atoms with Crippen LogP contribution in [0.4, 0.5) is 14.3 Å². The van der Waals surface area contributed by atoms with Crippen LogP contribution in [0.25, 0.3) is 22.0 Å². The van der Waals surface area contributed by atoms with Crippen molar-refractivity contribution in [2.45, 2.75) is 25.8 Å². The number of nitrogens with two attached hydrogens (primary N) is 1. The first-order valence-electron chi connectivity index (χ1n) is 9.36. The average Bonchev–Trinajstić information content (AvgIpc) is 3.35. The lowest BCUT2D eigenvalue weighted by molar-refractivity contribution is -0.121. The topological polar surface area (TPSA) is 114 Å². The Bertz CT molecular complexity index is 1120. The highest BCUT2D eigenvalue weighted by molar-refractivity contribution is 7.19. The third-order valence-corrected chi connectivity index (χ3v) is 5.95. The summed E-state index contributed by atoms with van der Waals surface area (Å²) in [5, 5.41) is 3.12. The number of hydrogen-bond donors (Lipinski definition) is 2. The molecule has 8 nitrogen and oxygen atoms in total. The Balaban J connectivity index is 1.58. The first-order valence-corrected chi connectivity index (χ1v) is 10.2. The molecule has 1 atom stereocenters. The molecule has 1 aromatic carbocycles. The second-order valence-electron chi connectivity index (χ2n) is 6.86. The van der Waals surface area contributed by atoms with Crippen molar-refractivity contribution in [2.24, 2.45) is 5.73 Å². The van der Waals surface area contributed by atoms with Gasteiger partial charge in [-0.15, -0.1) is 0 Å². The van der Waals surface area contributed by atoms with E-state index in [0.717, 1.165) is 11.3 Å². The van der Waals surface area contributed by atoms with Gasteiger partial charge in [0.1, 0.15) is 11.9 Å². The fourth-order valence-corrected chi connectivity index (χ4v) is 4.34. The van der Waals surface area contributed by atoms with Gasteiger partial charge in [-0.2, -0.15) is 0 Å². The number of carbonyl (C=O) groups excluding carboxylic acids is 2. The number of benzene rings is 1. The van der Waals surface area contributed by atoms with Crippen LogP contribution in [0.2, 0.25) is 0 Å². The summed E-state index contributed by atoms with van der Waals surface area (Å²) >= 11 is 1.25. The molecule has 0 bridgehead atoms. The van der Waals surface area contributed by atoms with E-state index in [4.69, 9.17) is 5.73 Å². The third kappa shape index (κ3) is 3.86. The number of halogens is 1. The minimum Gasteiger partial charge on any atom is -0.368 e. The maximum absolute atomic E-state index is 14.1. The number of aryl methyl sites for hydroxylation is 1. The monoisotopic (exact) mass is 426 g/mol. The van der Waals surface area contributed by atoms with Gasteiger partial charge in [0.05, 0.1) is 21.8 Å². The van der Waals surface area contributed by atoms with E-state index in [1.54, 1.807) is 37.4 Å². The highest BCUT2D eigenvalue weighted by Gasteiger charge is 2.33. The summed E-state index contributed by atoms with van der Waals surface area (Å²) in [6.07, 6.45) is 2.84. The van der Waals surface area contributed by atoms with Crippen molar-refractivity contribution in [2.75, 3.05) is 11.9 Å². The number of aromatic nitrogens is 3. The lowest BCUT2D eigenvalue weighted by atomic mass is 10.2. The van der Waals surface area contributed by atoms with Crippen LogP contribution in [0.1, 0.15) is 18.5 Å². The van der Waals surface area contributed by atoms with Crippen LogP contribution in [0, 0.1) is 12.7 Å². The average molecular weight is 426 g/mol. The van der Waals surface area contributed by atoms with Crippen LogP contribution >= 0.6 is 11.3 Å². The predicted molar refractivity (Wildman–Crippen MR) is 111 cm³/mol. The van der Waals surface area contributed by atoms with Crippen LogP contribution in [0.3, 0.4) is 0 Å². The molecule has 1 saturated heterocycles. The lowest BCUT2D eigenvalue weighted by Crippen LogP contribution is -2.45. The van der Waals surface area contributed by atoms with Gasteiger partial charge in [0.2, 0.25) is 5.91 Å². The first-order chi connectivity index (χ1) is 14.4. The largest absolute Gasteiger partial charge is 0.368 e. The van der Waals surface area contributed by atoms with E-state index in [-0.39, 0.29) is 5.82 Å². The zero-order chi connectivity index (χ0) is 21.3. The molecule has 10 heteroatoms. The SMILES string of the molecule is Cc1nc(NC(=O)N2CCCC2C(N)=O)sc1-c1ccnc(-c2ccccc2F)n1. The quantitative estimate of drug-likeness (QED) is 0.665. The minimum absolute atomic E-state index is 0.269. The molecule has 3 heterocycles. The Hall–Kier alpha value is -3.40. The number of thiazole rings is 1. The summed E-state index contributed by atoms with van der Waals surface area (Å²) in [4.78, 5) is 39.3. The molecular weight excluding hydrogens is 407 g/mol. The minimum atomic E-state index is -0.601. The third-order valence-electron chi connectivity index (χ3n) is 4.86. The van der Waals surface area contributed by atoms with Crippen molar-refractivity contribution in [1.82, 2.24) is 19.9 Å². The number of hydrogen-bond acceptors (Lipinski definition) is 6. The van der Waals surface area contributed by atoms with Crippen molar-refractivity contribution in [3.63, 3.8) is 0 Å². The number of nitrogens with one attached hydrogen (secondary N) is 1. The molecule has 0 saturated carbocycles. The molecule has 3 amide bonds. The second kappa shape index (κ2) is 8.15. The second-order valence-corrected chi connectivity index (χ2v) is 7.86. The van der Waals surface area contributed by atoms with E-state index in [1.165, 1.54) is 22.3 Å². The van der Waals surface area contributed by atoms with Gasteiger partial charge >= 0.3 is 6.03 Å². The van der Waals surface area contributed by atoms with Gasteiger partial charge in [-0.1, -0.05) is 23.5 Å². The van der Waals surface area contributed by atoms with Crippen LogP contribution in [0.15, 0.2) is 36.5 Å². The first kappa shape index (κ1) is 19.9. The van der Waals surface area contributed by atoms with E-state index >= 15 is 0 Å². The number of amides is 3. The lowest BCUT2D eigenvalue weighted by Gasteiger charge is -2.21. The summed E-state index contributed by atoms with van der Waals surface area (Å²) in [7, 11) is 0. The Morgan fingerprint density at radius 3 is 2.83 bits per heavy atom. The highest BCUT2D eigenvalue weighted by atomic mass is 32.1. The van der Waals surface area contributed by atoms with E-state index in [1.807, 2.05) is 0 Å². The molecule has 1 aliphatic rings. The van der Waals surface area contributed by atoms with E-state index < -0.39 is 23.8 Å². The Morgan fingerprint density at radius 2 is 2.07 bits per heavy atom. The van der Waals surface area contributed by atoms with Crippen molar-refractivity contribution >= 4 is 28.4 Å². The molecule has 1 fully saturated rings. The Morgan fingerprint density at radius 1 is 1.27 bits per heavy atom. The number of rotatable bonds is 4. The molecule has 0 spiro atoms. The fourth-order valence-electron chi connectivity index (χ4n) is 3.41. The Kier molecular flexibility index (Phi) is 5.40. The van der Waals surface area contributed by atoms with Crippen molar-refractivity contribution < 1.29 is 14.0 Å². The molecule has 30 heavy (non-hydrogen) atoms. The van der Waals surface area contributed by atoms with Crippen molar-refractivity contribution in [3.8, 4) is 22.0 Å². The molecule has 3 N–H and O–H groups in total. The Labute approximate surface area is 176 Å². The number of carbonyl (C=O) groups is 2. The van der Waals surface area contributed by atoms with Gasteiger partial charge in [0, 0.05) is 12.7 Å². The van der Waals surface area contributed by atoms with Gasteiger partial charge in [0.25, 0.3) is 0 Å². The molecule has 154 valence electrons. The number of likely N-dealkylation sites (tertiary alicyclic amines) is 1. The maximum atomic E-state index is 14.1. The predicted octanol–water partition coefficient (Wildman–Crippen LogP) is 3.20. The van der Waals surface area contributed by atoms with E-state index in [0.29, 0.717) is 35.0 Å². The van der Waals surface area contributed by atoms with Gasteiger partial charge < -0.3 is 10.6 Å². The highest BCUT2D eigenvalue weighted by Crippen LogP contribution is 2.33. The zero-order valence-electron chi connectivity index (χ0n) is 16.1. The number of nitrogens with zero attached hydrogens (tertiary/aromatic N) is 4. The van der Waals surface area contributed by atoms with Crippen LogP contribution in [0.5, 0.6) is 0 Å². The zero-order valence-corrected chi connectivity index (χ0v) is 16.9. The summed E-state index contributed by atoms with van der Waals surface area (Å²) in [5.41, 5.74) is 6.94. The molecule has 1 aliphatic heterocycles. The van der Waals surface area contributed by atoms with Crippen LogP contribution in [-0.4, -0.2) is 44.4 Å². The molecule has 2 aromatic heterocycles. The number of primary amides is 1. The summed E-state index contributed by atoms with van der Waals surface area (Å²) < 4.78 is 14.1. The number of anilines is 1. The van der Waals surface area contributed by atoms with Crippen molar-refractivity contribution in [3.05, 3.63) is 48.0 Å². The normalized spacial score (nSPS) is 15.9. The molecular formula is C20H19FN6O2S. The molecule has 0 aliphatic carbocycles. The maximum Gasteiger partial charge on any atom is 0.324 e. The summed E-state index contributed by atoms with van der Waals surface area (Å²) in [6, 6.07) is 6.99. The summed E-state index contributed by atoms with van der Waals surface area (Å²) in [6.45, 7) is 2.27. The van der Waals surface area contributed by atoms with Crippen molar-refractivity contribution in [1.29, 1.82) is 0 Å². The molecule has 4 rings (SSSR count). The smallest absolute Gasteiger partial charge is 0.324 e. The van der Waals surface area contributed by atoms with Gasteiger partial charge in [-0.3, -0.25) is 10.1 Å². The van der Waals surface area contributed by atoms with E-state index in [9.17, 15) is 14.0 Å². The molecule has 1 unspecified atom stereocenters. The molecule has 0 radical (unpaired) electrons. The molecule has 3 aromatic rings. The van der Waals surface area contributed by atoms with Crippen LogP contribution in [-0.2, 0) is 4.79 Å². The summed E-state index contributed by atoms with van der Waals surface area (Å²) in [5.74, 6) is -0.649. The van der Waals surface area contributed by atoms with Crippen LogP contribution < -0.4 is 11.1 Å². The van der Waals surface area contributed by atoms with Gasteiger partial charge in [0.15, 0.2) is 11.0 Å². The van der Waals surface area contributed by atoms with Gasteiger partial charge in [-0.05, 0) is 38.0 Å². The number of urea groups is 1. The van der Waals surface area contributed by atoms with E-state index in [2.05, 4.69) is 20.3 Å². The fraction of sp³-hybridized carbons (Fsp3) is 0.250. The standard InChI is InChI=1S/C20H19FN6O2S/c1-11-16(14-8-9-23-18(25-14)12-5-2-3-6-13(12)21)30-19(24-11)26-20(29)27-10-4-7-15(27)17(22)28/h2-3,5-6,8-9,15H,4,7,10H2,1H3,(H2,22,28)(H,24,26,29).